The van der Waals surface area contributed by atoms with Crippen molar-refractivity contribution in [1.29, 1.82) is 0 Å². The van der Waals surface area contributed by atoms with Crippen molar-refractivity contribution < 1.29 is 9.53 Å². The van der Waals surface area contributed by atoms with Crippen LogP contribution in [0.4, 0.5) is 0 Å². The summed E-state index contributed by atoms with van der Waals surface area (Å²) in [6, 6.07) is 13.2. The zero-order valence-electron chi connectivity index (χ0n) is 13.4. The SMILES string of the molecule is CN(C(=O)c1cccc(Oc2ccccn2)c1)C1CCCCC1. The van der Waals surface area contributed by atoms with Crippen molar-refractivity contribution in [3.63, 3.8) is 0 Å². The summed E-state index contributed by atoms with van der Waals surface area (Å²) in [6.07, 6.45) is 7.60. The first kappa shape index (κ1) is 15.5. The number of rotatable bonds is 4. The lowest BCUT2D eigenvalue weighted by molar-refractivity contribution is 0.0696. The Hall–Kier alpha value is -2.36. The fraction of sp³-hybridized carbons (Fsp3) is 0.368. The molecule has 2 aromatic rings. The molecule has 1 fully saturated rings. The van der Waals surface area contributed by atoms with Gasteiger partial charge in [0.15, 0.2) is 0 Å². The van der Waals surface area contributed by atoms with Gasteiger partial charge in [-0.15, -0.1) is 0 Å². The van der Waals surface area contributed by atoms with E-state index in [0.717, 1.165) is 12.8 Å². The fourth-order valence-corrected chi connectivity index (χ4v) is 3.06. The van der Waals surface area contributed by atoms with E-state index >= 15 is 0 Å². The standard InChI is InChI=1S/C19H22N2O2/c1-21(16-9-3-2-4-10-16)19(22)15-8-7-11-17(14-15)23-18-12-5-6-13-20-18/h5-8,11-14,16H,2-4,9-10H2,1H3. The van der Waals surface area contributed by atoms with E-state index < -0.39 is 0 Å². The van der Waals surface area contributed by atoms with Crippen LogP contribution in [0.1, 0.15) is 42.5 Å². The lowest BCUT2D eigenvalue weighted by Crippen LogP contribution is -2.38. The summed E-state index contributed by atoms with van der Waals surface area (Å²) in [5.41, 5.74) is 0.659. The first-order valence-corrected chi connectivity index (χ1v) is 8.20. The highest BCUT2D eigenvalue weighted by molar-refractivity contribution is 5.94. The van der Waals surface area contributed by atoms with Crippen molar-refractivity contribution in [2.45, 2.75) is 38.1 Å². The summed E-state index contributed by atoms with van der Waals surface area (Å²) in [6.45, 7) is 0. The molecule has 1 amide bonds. The second kappa shape index (κ2) is 7.27. The minimum Gasteiger partial charge on any atom is -0.439 e. The van der Waals surface area contributed by atoms with Gasteiger partial charge in [0.1, 0.15) is 5.75 Å². The number of pyridine rings is 1. The van der Waals surface area contributed by atoms with Crippen molar-refractivity contribution in [2.75, 3.05) is 7.05 Å². The number of ether oxygens (including phenoxy) is 1. The van der Waals surface area contributed by atoms with E-state index in [1.54, 1.807) is 18.3 Å². The molecule has 3 rings (SSSR count). The number of carbonyl (C=O) groups excluding carboxylic acids is 1. The van der Waals surface area contributed by atoms with Gasteiger partial charge in [0, 0.05) is 30.9 Å². The molecule has 4 heteroatoms. The molecule has 0 bridgehead atoms. The van der Waals surface area contributed by atoms with Crippen LogP contribution in [0.15, 0.2) is 48.7 Å². The number of carbonyl (C=O) groups is 1. The van der Waals surface area contributed by atoms with Crippen molar-refractivity contribution in [3.05, 3.63) is 54.2 Å². The second-order valence-corrected chi connectivity index (χ2v) is 6.01. The number of hydrogen-bond acceptors (Lipinski definition) is 3. The molecule has 1 aromatic heterocycles. The van der Waals surface area contributed by atoms with E-state index in [4.69, 9.17) is 4.74 Å². The van der Waals surface area contributed by atoms with Crippen LogP contribution in [0.5, 0.6) is 11.6 Å². The van der Waals surface area contributed by atoms with E-state index in [1.807, 2.05) is 42.3 Å². The van der Waals surface area contributed by atoms with E-state index in [1.165, 1.54) is 19.3 Å². The number of benzene rings is 1. The summed E-state index contributed by atoms with van der Waals surface area (Å²) in [7, 11) is 1.91. The topological polar surface area (TPSA) is 42.4 Å². The number of nitrogens with zero attached hydrogens (tertiary/aromatic N) is 2. The molecule has 0 spiro atoms. The highest BCUT2D eigenvalue weighted by atomic mass is 16.5. The molecule has 0 unspecified atom stereocenters. The minimum atomic E-state index is 0.0587. The van der Waals surface area contributed by atoms with Crippen molar-refractivity contribution in [3.8, 4) is 11.6 Å². The lowest BCUT2D eigenvalue weighted by atomic mass is 9.94. The maximum Gasteiger partial charge on any atom is 0.253 e. The zero-order chi connectivity index (χ0) is 16.1. The molecular weight excluding hydrogens is 288 g/mol. The average molecular weight is 310 g/mol. The first-order chi connectivity index (χ1) is 11.2. The van der Waals surface area contributed by atoms with Gasteiger partial charge >= 0.3 is 0 Å². The van der Waals surface area contributed by atoms with E-state index in [2.05, 4.69) is 4.98 Å². The van der Waals surface area contributed by atoms with Crippen molar-refractivity contribution >= 4 is 5.91 Å². The molecule has 0 saturated heterocycles. The van der Waals surface area contributed by atoms with Gasteiger partial charge in [0.25, 0.3) is 5.91 Å². The fourth-order valence-electron chi connectivity index (χ4n) is 3.06. The Balaban J connectivity index is 1.72. The third-order valence-corrected chi connectivity index (χ3v) is 4.38. The molecule has 1 saturated carbocycles. The molecule has 1 aliphatic carbocycles. The Morgan fingerprint density at radius 3 is 2.70 bits per heavy atom. The van der Waals surface area contributed by atoms with Gasteiger partial charge in [0.05, 0.1) is 0 Å². The summed E-state index contributed by atoms with van der Waals surface area (Å²) in [5.74, 6) is 1.22. The Labute approximate surface area is 137 Å². The number of hydrogen-bond donors (Lipinski definition) is 0. The molecule has 0 atom stereocenters. The van der Waals surface area contributed by atoms with Crippen LogP contribution in [0, 0.1) is 0 Å². The van der Waals surface area contributed by atoms with Crippen LogP contribution in [0.2, 0.25) is 0 Å². The van der Waals surface area contributed by atoms with Gasteiger partial charge in [-0.25, -0.2) is 4.98 Å². The molecule has 0 N–H and O–H groups in total. The van der Waals surface area contributed by atoms with Crippen LogP contribution >= 0.6 is 0 Å². The largest absolute Gasteiger partial charge is 0.439 e. The predicted molar refractivity (Wildman–Crippen MR) is 89.7 cm³/mol. The highest BCUT2D eigenvalue weighted by Gasteiger charge is 2.23. The maximum atomic E-state index is 12.7. The summed E-state index contributed by atoms with van der Waals surface area (Å²) in [4.78, 5) is 18.7. The van der Waals surface area contributed by atoms with Gasteiger partial charge in [-0.3, -0.25) is 4.79 Å². The highest BCUT2D eigenvalue weighted by Crippen LogP contribution is 2.25. The van der Waals surface area contributed by atoms with Crippen LogP contribution in [0.25, 0.3) is 0 Å². The monoisotopic (exact) mass is 310 g/mol. The second-order valence-electron chi connectivity index (χ2n) is 6.01. The lowest BCUT2D eigenvalue weighted by Gasteiger charge is -2.31. The minimum absolute atomic E-state index is 0.0587. The summed E-state index contributed by atoms with van der Waals surface area (Å²) < 4.78 is 5.71. The number of amides is 1. The van der Waals surface area contributed by atoms with Crippen LogP contribution in [-0.4, -0.2) is 28.9 Å². The van der Waals surface area contributed by atoms with Gasteiger partial charge in [0.2, 0.25) is 5.88 Å². The summed E-state index contributed by atoms with van der Waals surface area (Å²) >= 11 is 0. The molecule has 1 aliphatic rings. The molecule has 1 heterocycles. The van der Waals surface area contributed by atoms with Crippen molar-refractivity contribution in [1.82, 2.24) is 9.88 Å². The normalized spacial score (nSPS) is 15.2. The first-order valence-electron chi connectivity index (χ1n) is 8.20. The Morgan fingerprint density at radius 2 is 1.96 bits per heavy atom. The van der Waals surface area contributed by atoms with Crippen LogP contribution in [-0.2, 0) is 0 Å². The van der Waals surface area contributed by atoms with Gasteiger partial charge in [-0.1, -0.05) is 31.4 Å². The molecule has 4 nitrogen and oxygen atoms in total. The molecular formula is C19H22N2O2. The Morgan fingerprint density at radius 1 is 1.13 bits per heavy atom. The summed E-state index contributed by atoms with van der Waals surface area (Å²) in [5, 5.41) is 0. The molecule has 0 radical (unpaired) electrons. The van der Waals surface area contributed by atoms with Crippen molar-refractivity contribution in [2.24, 2.45) is 0 Å². The van der Waals surface area contributed by atoms with Crippen LogP contribution in [0.3, 0.4) is 0 Å². The predicted octanol–water partition coefficient (Wildman–Crippen LogP) is 4.28. The van der Waals surface area contributed by atoms with E-state index in [9.17, 15) is 4.79 Å². The van der Waals surface area contributed by atoms with Crippen LogP contribution < -0.4 is 4.74 Å². The van der Waals surface area contributed by atoms with Gasteiger partial charge in [-0.2, -0.15) is 0 Å². The smallest absolute Gasteiger partial charge is 0.253 e. The molecule has 23 heavy (non-hydrogen) atoms. The molecule has 0 aliphatic heterocycles. The molecule has 1 aromatic carbocycles. The quantitative estimate of drug-likeness (QED) is 0.846. The Kier molecular flexibility index (Phi) is 4.91. The Bertz CT molecular complexity index is 651. The average Bonchev–Trinajstić information content (AvgIpc) is 2.62. The van der Waals surface area contributed by atoms with Gasteiger partial charge < -0.3 is 9.64 Å². The van der Waals surface area contributed by atoms with Gasteiger partial charge in [-0.05, 0) is 37.1 Å². The maximum absolute atomic E-state index is 12.7. The molecule has 120 valence electrons. The van der Waals surface area contributed by atoms with E-state index in [-0.39, 0.29) is 5.91 Å². The zero-order valence-corrected chi connectivity index (χ0v) is 13.4. The third kappa shape index (κ3) is 3.89. The third-order valence-electron chi connectivity index (χ3n) is 4.38. The van der Waals surface area contributed by atoms with E-state index in [0.29, 0.717) is 23.2 Å². The number of aromatic nitrogens is 1.